The molecule has 1 aliphatic heterocycles. The van der Waals surface area contributed by atoms with Crippen molar-refractivity contribution in [3.05, 3.63) is 29.3 Å². The minimum Gasteiger partial charge on any atom is -0.369 e. The Morgan fingerprint density at radius 1 is 1.40 bits per heavy atom. The minimum atomic E-state index is 0.0238. The molecular weight excluding hydrogens is 250 g/mol. The molecule has 1 atom stereocenters. The molecule has 1 fully saturated rings. The number of aryl methyl sites for hydroxylation is 1. The van der Waals surface area contributed by atoms with Gasteiger partial charge in [0.05, 0.1) is 0 Å². The third kappa shape index (κ3) is 3.51. The first-order chi connectivity index (χ1) is 9.61. The number of benzene rings is 1. The van der Waals surface area contributed by atoms with Crippen LogP contribution in [-0.2, 0) is 0 Å². The first kappa shape index (κ1) is 14.9. The molecule has 1 aliphatic rings. The van der Waals surface area contributed by atoms with E-state index < -0.39 is 0 Å². The van der Waals surface area contributed by atoms with Crippen LogP contribution in [0, 0.1) is 6.92 Å². The number of rotatable bonds is 4. The zero-order valence-electron chi connectivity index (χ0n) is 12.7. The van der Waals surface area contributed by atoms with Crippen LogP contribution in [0.15, 0.2) is 18.2 Å². The Balaban J connectivity index is 2.17. The van der Waals surface area contributed by atoms with Gasteiger partial charge >= 0.3 is 0 Å². The molecule has 1 aromatic carbocycles. The van der Waals surface area contributed by atoms with Crippen molar-refractivity contribution in [3.63, 3.8) is 0 Å². The van der Waals surface area contributed by atoms with Gasteiger partial charge in [0.15, 0.2) is 0 Å². The van der Waals surface area contributed by atoms with Gasteiger partial charge in [0, 0.05) is 43.5 Å². The van der Waals surface area contributed by atoms with E-state index in [1.807, 2.05) is 25.1 Å². The number of amides is 1. The van der Waals surface area contributed by atoms with E-state index in [4.69, 9.17) is 0 Å². The van der Waals surface area contributed by atoms with Crippen molar-refractivity contribution in [1.82, 2.24) is 10.6 Å². The Morgan fingerprint density at radius 3 is 2.75 bits per heavy atom. The topological polar surface area (TPSA) is 44.4 Å². The van der Waals surface area contributed by atoms with Crippen LogP contribution in [-0.4, -0.2) is 38.1 Å². The fourth-order valence-corrected chi connectivity index (χ4v) is 2.41. The van der Waals surface area contributed by atoms with Gasteiger partial charge in [-0.25, -0.2) is 0 Å². The first-order valence-corrected chi connectivity index (χ1v) is 7.49. The average molecular weight is 275 g/mol. The Kier molecular flexibility index (Phi) is 5.01. The molecule has 0 aromatic heterocycles. The van der Waals surface area contributed by atoms with E-state index >= 15 is 0 Å². The number of piperazine rings is 1. The number of carbonyl (C=O) groups excluding carboxylic acids is 1. The van der Waals surface area contributed by atoms with Gasteiger partial charge < -0.3 is 15.5 Å². The van der Waals surface area contributed by atoms with E-state index in [1.165, 1.54) is 11.3 Å². The zero-order valence-corrected chi connectivity index (χ0v) is 12.7. The van der Waals surface area contributed by atoms with Crippen LogP contribution >= 0.6 is 0 Å². The van der Waals surface area contributed by atoms with Gasteiger partial charge in [-0.3, -0.25) is 4.79 Å². The van der Waals surface area contributed by atoms with Gasteiger partial charge in [-0.1, -0.05) is 13.0 Å². The smallest absolute Gasteiger partial charge is 0.251 e. The van der Waals surface area contributed by atoms with E-state index in [0.29, 0.717) is 0 Å². The Labute approximate surface area is 121 Å². The SMILES string of the molecule is CCC(C)NC(=O)c1ccc(C)c(N2CCNCC2)c1. The van der Waals surface area contributed by atoms with Crippen LogP contribution < -0.4 is 15.5 Å². The maximum Gasteiger partial charge on any atom is 0.251 e. The molecule has 1 unspecified atom stereocenters. The summed E-state index contributed by atoms with van der Waals surface area (Å²) in [4.78, 5) is 14.6. The van der Waals surface area contributed by atoms with E-state index in [1.54, 1.807) is 0 Å². The van der Waals surface area contributed by atoms with Crippen LogP contribution in [0.4, 0.5) is 5.69 Å². The number of nitrogens with zero attached hydrogens (tertiary/aromatic N) is 1. The van der Waals surface area contributed by atoms with Crippen molar-refractivity contribution in [2.75, 3.05) is 31.1 Å². The summed E-state index contributed by atoms with van der Waals surface area (Å²) in [6, 6.07) is 6.20. The molecule has 0 aliphatic carbocycles. The summed E-state index contributed by atoms with van der Waals surface area (Å²) in [6.45, 7) is 10.2. The molecule has 4 heteroatoms. The third-order valence-corrected chi connectivity index (χ3v) is 3.92. The van der Waals surface area contributed by atoms with Gasteiger partial charge in [0.25, 0.3) is 5.91 Å². The summed E-state index contributed by atoms with van der Waals surface area (Å²) in [5.74, 6) is 0.0238. The summed E-state index contributed by atoms with van der Waals surface area (Å²) in [5.41, 5.74) is 3.17. The highest BCUT2D eigenvalue weighted by Crippen LogP contribution is 2.22. The first-order valence-electron chi connectivity index (χ1n) is 7.49. The van der Waals surface area contributed by atoms with Crippen molar-refractivity contribution < 1.29 is 4.79 Å². The summed E-state index contributed by atoms with van der Waals surface area (Å²) < 4.78 is 0. The lowest BCUT2D eigenvalue weighted by atomic mass is 10.1. The normalized spacial score (nSPS) is 16.9. The molecule has 4 nitrogen and oxygen atoms in total. The maximum absolute atomic E-state index is 12.2. The molecule has 0 radical (unpaired) electrons. The highest BCUT2D eigenvalue weighted by atomic mass is 16.1. The summed E-state index contributed by atoms with van der Waals surface area (Å²) in [6.07, 6.45) is 0.947. The summed E-state index contributed by atoms with van der Waals surface area (Å²) >= 11 is 0. The average Bonchev–Trinajstić information content (AvgIpc) is 2.48. The van der Waals surface area contributed by atoms with Crippen molar-refractivity contribution >= 4 is 11.6 Å². The molecule has 1 amide bonds. The van der Waals surface area contributed by atoms with Crippen LogP contribution in [0.5, 0.6) is 0 Å². The lowest BCUT2D eigenvalue weighted by Gasteiger charge is -2.31. The number of anilines is 1. The fourth-order valence-electron chi connectivity index (χ4n) is 2.41. The molecule has 1 heterocycles. The lowest BCUT2D eigenvalue weighted by molar-refractivity contribution is 0.0939. The predicted molar refractivity (Wildman–Crippen MR) is 83.5 cm³/mol. The quantitative estimate of drug-likeness (QED) is 0.882. The van der Waals surface area contributed by atoms with Gasteiger partial charge in [0.2, 0.25) is 0 Å². The maximum atomic E-state index is 12.2. The van der Waals surface area contributed by atoms with Crippen molar-refractivity contribution in [1.29, 1.82) is 0 Å². The Hall–Kier alpha value is -1.55. The highest BCUT2D eigenvalue weighted by molar-refractivity contribution is 5.95. The van der Waals surface area contributed by atoms with Crippen molar-refractivity contribution in [2.24, 2.45) is 0 Å². The molecular formula is C16H25N3O. The van der Waals surface area contributed by atoms with E-state index in [0.717, 1.165) is 38.2 Å². The van der Waals surface area contributed by atoms with Crippen LogP contribution in [0.1, 0.15) is 36.2 Å². The monoisotopic (exact) mass is 275 g/mol. The number of nitrogens with one attached hydrogen (secondary N) is 2. The Morgan fingerprint density at radius 2 is 2.10 bits per heavy atom. The summed E-state index contributed by atoms with van der Waals surface area (Å²) in [7, 11) is 0. The van der Waals surface area contributed by atoms with Gasteiger partial charge in [-0.15, -0.1) is 0 Å². The molecule has 1 saturated heterocycles. The molecule has 0 saturated carbocycles. The fraction of sp³-hybridized carbons (Fsp3) is 0.562. The molecule has 2 N–H and O–H groups in total. The van der Waals surface area contributed by atoms with Gasteiger partial charge in [-0.05, 0) is 38.0 Å². The van der Waals surface area contributed by atoms with Gasteiger partial charge in [0.1, 0.15) is 0 Å². The summed E-state index contributed by atoms with van der Waals surface area (Å²) in [5, 5.41) is 6.38. The van der Waals surface area contributed by atoms with Gasteiger partial charge in [-0.2, -0.15) is 0 Å². The minimum absolute atomic E-state index is 0.0238. The largest absolute Gasteiger partial charge is 0.369 e. The second kappa shape index (κ2) is 6.75. The van der Waals surface area contributed by atoms with Crippen LogP contribution in [0.3, 0.4) is 0 Å². The highest BCUT2D eigenvalue weighted by Gasteiger charge is 2.15. The number of carbonyl (C=O) groups is 1. The zero-order chi connectivity index (χ0) is 14.5. The Bertz CT molecular complexity index is 467. The molecule has 1 aromatic rings. The number of hydrogen-bond acceptors (Lipinski definition) is 3. The molecule has 2 rings (SSSR count). The van der Waals surface area contributed by atoms with Crippen molar-refractivity contribution in [3.8, 4) is 0 Å². The lowest BCUT2D eigenvalue weighted by Crippen LogP contribution is -2.44. The molecule has 20 heavy (non-hydrogen) atoms. The van der Waals surface area contributed by atoms with E-state index in [2.05, 4.69) is 29.4 Å². The van der Waals surface area contributed by atoms with E-state index in [9.17, 15) is 4.79 Å². The third-order valence-electron chi connectivity index (χ3n) is 3.92. The van der Waals surface area contributed by atoms with E-state index in [-0.39, 0.29) is 11.9 Å². The standard InChI is InChI=1S/C16H25N3O/c1-4-13(3)18-16(20)14-6-5-12(2)15(11-14)19-9-7-17-8-10-19/h5-6,11,13,17H,4,7-10H2,1-3H3,(H,18,20). The second-order valence-corrected chi connectivity index (χ2v) is 5.52. The molecule has 0 bridgehead atoms. The van der Waals surface area contributed by atoms with Crippen LogP contribution in [0.2, 0.25) is 0 Å². The second-order valence-electron chi connectivity index (χ2n) is 5.52. The molecule has 110 valence electrons. The number of hydrogen-bond donors (Lipinski definition) is 2. The van der Waals surface area contributed by atoms with Crippen molar-refractivity contribution in [2.45, 2.75) is 33.2 Å². The molecule has 0 spiro atoms. The predicted octanol–water partition coefficient (Wildman–Crippen LogP) is 1.93. The van der Waals surface area contributed by atoms with Crippen LogP contribution in [0.25, 0.3) is 0 Å².